The molecule has 0 aliphatic carbocycles. The van der Waals surface area contributed by atoms with Crippen LogP contribution in [0.3, 0.4) is 0 Å². The van der Waals surface area contributed by atoms with Crippen LogP contribution in [0.15, 0.2) is 60.1 Å². The zero-order valence-electron chi connectivity index (χ0n) is 23.6. The van der Waals surface area contributed by atoms with E-state index in [2.05, 4.69) is 53.4 Å². The summed E-state index contributed by atoms with van der Waals surface area (Å²) >= 11 is 1.70. The number of aryl methyl sites for hydroxylation is 1. The highest BCUT2D eigenvalue weighted by molar-refractivity contribution is 7.91. The molecule has 0 radical (unpaired) electrons. The number of thiophene rings is 1. The SMILES string of the molecule is CC#CC(CC(=O)O)c1ccc(OCc2ccc3scc(-c4ccc(OCC5CCS(=O)(=O)CC5)cc4C)c3c2)nc1. The largest absolute Gasteiger partial charge is 0.493 e. The zero-order chi connectivity index (χ0) is 29.7. The topological polar surface area (TPSA) is 103 Å². The monoisotopic (exact) mass is 603 g/mol. The number of carboxylic acids is 1. The number of pyridine rings is 1. The standard InChI is InChI=1S/C33H33NO6S2/c1-3-4-25(17-33(35)36)26-6-10-32(34-18-26)40-20-24-5-9-31-29(16-24)30(21-41-31)28-8-7-27(15-22(28)2)39-19-23-11-13-42(37,38)14-12-23/h5-10,15-16,18,21,23,25H,11-14,17,19-20H2,1-2H3,(H,35,36). The van der Waals surface area contributed by atoms with Crippen molar-refractivity contribution in [3.05, 3.63) is 76.8 Å². The summed E-state index contributed by atoms with van der Waals surface area (Å²) in [6.45, 7) is 4.65. The molecule has 1 aliphatic rings. The van der Waals surface area contributed by atoms with Gasteiger partial charge in [-0.1, -0.05) is 24.1 Å². The van der Waals surface area contributed by atoms with Crippen LogP contribution in [0.5, 0.6) is 11.6 Å². The second-order valence-corrected chi connectivity index (χ2v) is 13.8. The number of hydrogen-bond acceptors (Lipinski definition) is 7. The van der Waals surface area contributed by atoms with E-state index in [1.54, 1.807) is 30.5 Å². The molecule has 1 atom stereocenters. The smallest absolute Gasteiger partial charge is 0.304 e. The van der Waals surface area contributed by atoms with Gasteiger partial charge < -0.3 is 14.6 Å². The van der Waals surface area contributed by atoms with Crippen LogP contribution in [-0.4, -0.2) is 42.6 Å². The Morgan fingerprint density at radius 2 is 1.90 bits per heavy atom. The fourth-order valence-corrected chi connectivity index (χ4v) is 7.69. The van der Waals surface area contributed by atoms with E-state index in [-0.39, 0.29) is 23.8 Å². The Hall–Kier alpha value is -3.87. The summed E-state index contributed by atoms with van der Waals surface area (Å²) in [5.41, 5.74) is 5.17. The van der Waals surface area contributed by atoms with Crippen LogP contribution in [0, 0.1) is 24.7 Å². The van der Waals surface area contributed by atoms with Gasteiger partial charge >= 0.3 is 5.97 Å². The Balaban J connectivity index is 1.25. The molecule has 1 N–H and O–H groups in total. The molecule has 42 heavy (non-hydrogen) atoms. The van der Waals surface area contributed by atoms with E-state index in [4.69, 9.17) is 14.6 Å². The number of ether oxygens (including phenoxy) is 2. The van der Waals surface area contributed by atoms with E-state index in [0.29, 0.717) is 31.9 Å². The molecule has 2 aromatic heterocycles. The first-order valence-electron chi connectivity index (χ1n) is 13.9. The summed E-state index contributed by atoms with van der Waals surface area (Å²) in [5.74, 6) is 6.46. The molecule has 4 aromatic rings. The number of carboxylic acid groups (broad SMARTS) is 1. The molecule has 1 unspecified atom stereocenters. The van der Waals surface area contributed by atoms with Crippen LogP contribution in [0.25, 0.3) is 21.2 Å². The van der Waals surface area contributed by atoms with Gasteiger partial charge in [-0.2, -0.15) is 0 Å². The molecule has 9 heteroatoms. The molecular weight excluding hydrogens is 570 g/mol. The molecule has 1 saturated heterocycles. The summed E-state index contributed by atoms with van der Waals surface area (Å²) in [5, 5.41) is 12.5. The number of fused-ring (bicyclic) bond motifs is 1. The van der Waals surface area contributed by atoms with Gasteiger partial charge in [0.05, 0.1) is 30.5 Å². The van der Waals surface area contributed by atoms with Crippen molar-refractivity contribution in [2.24, 2.45) is 5.92 Å². The van der Waals surface area contributed by atoms with Crippen molar-refractivity contribution in [3.63, 3.8) is 0 Å². The first-order valence-corrected chi connectivity index (χ1v) is 16.6. The molecule has 5 rings (SSSR count). The summed E-state index contributed by atoms with van der Waals surface area (Å²) in [4.78, 5) is 15.5. The molecule has 1 fully saturated rings. The predicted octanol–water partition coefficient (Wildman–Crippen LogP) is 6.64. The minimum Gasteiger partial charge on any atom is -0.493 e. The summed E-state index contributed by atoms with van der Waals surface area (Å²) in [6, 6.07) is 16.0. The van der Waals surface area contributed by atoms with E-state index in [9.17, 15) is 13.2 Å². The number of aliphatic carboxylic acids is 1. The molecule has 0 spiro atoms. The van der Waals surface area contributed by atoms with Gasteiger partial charge in [-0.3, -0.25) is 4.79 Å². The average Bonchev–Trinajstić information content (AvgIpc) is 3.38. The summed E-state index contributed by atoms with van der Waals surface area (Å²) in [7, 11) is -2.87. The maximum absolute atomic E-state index is 11.7. The molecular formula is C33H33NO6S2. The number of hydrogen-bond donors (Lipinski definition) is 1. The first kappa shape index (κ1) is 29.6. The van der Waals surface area contributed by atoms with Crippen molar-refractivity contribution < 1.29 is 27.8 Å². The summed E-state index contributed by atoms with van der Waals surface area (Å²) in [6.07, 6.45) is 2.88. The van der Waals surface area contributed by atoms with Crippen molar-refractivity contribution in [1.29, 1.82) is 0 Å². The van der Waals surface area contributed by atoms with E-state index >= 15 is 0 Å². The van der Waals surface area contributed by atoms with Gasteiger partial charge in [0.15, 0.2) is 0 Å². The molecule has 3 heterocycles. The fourth-order valence-electron chi connectivity index (χ4n) is 5.16. The van der Waals surface area contributed by atoms with Crippen LogP contribution in [0.2, 0.25) is 0 Å². The zero-order valence-corrected chi connectivity index (χ0v) is 25.3. The van der Waals surface area contributed by atoms with Gasteiger partial charge in [-0.25, -0.2) is 13.4 Å². The van der Waals surface area contributed by atoms with Gasteiger partial charge in [0, 0.05) is 27.9 Å². The molecule has 0 saturated carbocycles. The van der Waals surface area contributed by atoms with Crippen LogP contribution in [0.4, 0.5) is 0 Å². The third-order valence-electron chi connectivity index (χ3n) is 7.53. The van der Waals surface area contributed by atoms with Gasteiger partial charge in [0.1, 0.15) is 22.2 Å². The summed E-state index contributed by atoms with van der Waals surface area (Å²) < 4.78 is 36.6. The lowest BCUT2D eigenvalue weighted by Gasteiger charge is -2.22. The second-order valence-electron chi connectivity index (χ2n) is 10.6. The van der Waals surface area contributed by atoms with Crippen LogP contribution < -0.4 is 9.47 Å². The number of carbonyl (C=O) groups is 1. The lowest BCUT2D eigenvalue weighted by Crippen LogP contribution is -2.26. The Morgan fingerprint density at radius 1 is 1.10 bits per heavy atom. The minimum atomic E-state index is -2.87. The van der Waals surface area contributed by atoms with Gasteiger partial charge in [0.2, 0.25) is 5.88 Å². The van der Waals surface area contributed by atoms with Crippen molar-refractivity contribution in [2.45, 2.75) is 45.6 Å². The van der Waals surface area contributed by atoms with Crippen molar-refractivity contribution in [2.75, 3.05) is 18.1 Å². The van der Waals surface area contributed by atoms with Gasteiger partial charge in [-0.15, -0.1) is 17.3 Å². The highest BCUT2D eigenvalue weighted by atomic mass is 32.2. The number of benzene rings is 2. The molecule has 0 bridgehead atoms. The van der Waals surface area contributed by atoms with E-state index in [1.165, 1.54) is 4.70 Å². The van der Waals surface area contributed by atoms with E-state index in [0.717, 1.165) is 39.0 Å². The lowest BCUT2D eigenvalue weighted by molar-refractivity contribution is -0.137. The van der Waals surface area contributed by atoms with E-state index in [1.807, 2.05) is 18.2 Å². The minimum absolute atomic E-state index is 0.0738. The Kier molecular flexibility index (Phi) is 9.15. The Labute approximate surface area is 250 Å². The number of rotatable bonds is 10. The molecule has 7 nitrogen and oxygen atoms in total. The molecule has 0 amide bonds. The normalized spacial score (nSPS) is 15.5. The quantitative estimate of drug-likeness (QED) is 0.203. The first-order chi connectivity index (χ1) is 20.2. The van der Waals surface area contributed by atoms with Crippen LogP contribution in [0.1, 0.15) is 48.8 Å². The van der Waals surface area contributed by atoms with Crippen LogP contribution in [-0.2, 0) is 21.2 Å². The van der Waals surface area contributed by atoms with Crippen molar-refractivity contribution in [3.8, 4) is 34.6 Å². The average molecular weight is 604 g/mol. The van der Waals surface area contributed by atoms with Crippen molar-refractivity contribution >= 4 is 37.2 Å². The molecule has 2 aromatic carbocycles. The molecule has 1 aliphatic heterocycles. The highest BCUT2D eigenvalue weighted by Crippen LogP contribution is 2.37. The van der Waals surface area contributed by atoms with Gasteiger partial charge in [0.25, 0.3) is 0 Å². The highest BCUT2D eigenvalue weighted by Gasteiger charge is 2.24. The predicted molar refractivity (Wildman–Crippen MR) is 166 cm³/mol. The fraction of sp³-hybridized carbons (Fsp3) is 0.333. The number of sulfone groups is 1. The van der Waals surface area contributed by atoms with Crippen LogP contribution >= 0.6 is 11.3 Å². The van der Waals surface area contributed by atoms with Gasteiger partial charge in [-0.05, 0) is 84.5 Å². The molecule has 218 valence electrons. The van der Waals surface area contributed by atoms with Crippen molar-refractivity contribution in [1.82, 2.24) is 4.98 Å². The Morgan fingerprint density at radius 3 is 2.60 bits per heavy atom. The lowest BCUT2D eigenvalue weighted by atomic mass is 9.98. The third-order valence-corrected chi connectivity index (χ3v) is 10.2. The van der Waals surface area contributed by atoms with E-state index < -0.39 is 21.7 Å². The Bertz CT molecular complexity index is 1730. The maximum Gasteiger partial charge on any atom is 0.304 e. The number of nitrogens with zero attached hydrogens (tertiary/aromatic N) is 1. The third kappa shape index (κ3) is 7.30. The number of aromatic nitrogens is 1. The maximum atomic E-state index is 11.7. The second kappa shape index (κ2) is 13.0.